The smallest absolute Gasteiger partial charge is 0.194 e. The number of likely N-dealkylation sites (tertiary alicyclic amines) is 1. The lowest BCUT2D eigenvalue weighted by Gasteiger charge is -2.22. The summed E-state index contributed by atoms with van der Waals surface area (Å²) in [6.45, 7) is 8.76. The largest absolute Gasteiger partial charge is 0.382 e. The normalized spacial score (nSPS) is 16.9. The Morgan fingerprint density at radius 2 is 2.17 bits per heavy atom. The van der Waals surface area contributed by atoms with Gasteiger partial charge in [0.2, 0.25) is 0 Å². The van der Waals surface area contributed by atoms with Crippen LogP contribution in [-0.4, -0.2) is 68.3 Å². The van der Waals surface area contributed by atoms with Gasteiger partial charge < -0.3 is 19.5 Å². The zero-order chi connectivity index (χ0) is 19.9. The molecule has 0 bridgehead atoms. The molecular weight excluding hydrogens is 483 g/mol. The number of hydrogen-bond acceptors (Lipinski definition) is 5. The molecule has 1 aliphatic rings. The summed E-state index contributed by atoms with van der Waals surface area (Å²) in [4.78, 5) is 7.18. The van der Waals surface area contributed by atoms with Crippen LogP contribution in [-0.2, 0) is 25.4 Å². The summed E-state index contributed by atoms with van der Waals surface area (Å²) >= 11 is 0. The Kier molecular flexibility index (Phi) is 9.34. The third kappa shape index (κ3) is 6.39. The topological polar surface area (TPSA) is 85.4 Å². The predicted molar refractivity (Wildman–Crippen MR) is 124 cm³/mol. The Balaban J connectivity index is 0.00000300. The van der Waals surface area contributed by atoms with E-state index in [-0.39, 0.29) is 24.0 Å². The molecule has 2 aromatic rings. The number of aromatic nitrogens is 5. The highest BCUT2D eigenvalue weighted by atomic mass is 127. The molecule has 0 spiro atoms. The summed E-state index contributed by atoms with van der Waals surface area (Å²) in [5, 5.41) is 16.2. The summed E-state index contributed by atoms with van der Waals surface area (Å²) in [5.41, 5.74) is 1.30. The molecule has 0 amide bonds. The molecule has 0 saturated carbocycles. The van der Waals surface area contributed by atoms with Crippen LogP contribution in [0, 0.1) is 6.92 Å². The first kappa shape index (κ1) is 23.6. The lowest BCUT2D eigenvalue weighted by Crippen LogP contribution is -2.40. The van der Waals surface area contributed by atoms with Gasteiger partial charge in [0.05, 0.1) is 6.20 Å². The van der Waals surface area contributed by atoms with Crippen LogP contribution in [0.25, 0.3) is 0 Å². The summed E-state index contributed by atoms with van der Waals surface area (Å²) in [6, 6.07) is 0. The van der Waals surface area contributed by atoms with Crippen molar-refractivity contribution in [1.29, 1.82) is 0 Å². The fraction of sp³-hybridized carbons (Fsp3) is 0.684. The van der Waals surface area contributed by atoms with E-state index in [1.807, 2.05) is 43.4 Å². The predicted octanol–water partition coefficient (Wildman–Crippen LogP) is 1.84. The lowest BCUT2D eigenvalue weighted by atomic mass is 10.0. The average Bonchev–Trinajstić information content (AvgIpc) is 3.40. The molecule has 3 rings (SSSR count). The van der Waals surface area contributed by atoms with E-state index in [0.29, 0.717) is 12.5 Å². The van der Waals surface area contributed by atoms with Crippen molar-refractivity contribution in [3.05, 3.63) is 29.6 Å². The van der Waals surface area contributed by atoms with E-state index in [4.69, 9.17) is 9.73 Å². The van der Waals surface area contributed by atoms with E-state index in [2.05, 4.69) is 31.7 Å². The maximum absolute atomic E-state index is 5.44. The van der Waals surface area contributed by atoms with Crippen molar-refractivity contribution in [2.75, 3.05) is 32.8 Å². The number of aryl methyl sites for hydroxylation is 2. The number of nitrogens with zero attached hydrogens (tertiary/aromatic N) is 7. The summed E-state index contributed by atoms with van der Waals surface area (Å²) in [6.07, 6.45) is 6.15. The Morgan fingerprint density at radius 3 is 2.83 bits per heavy atom. The lowest BCUT2D eigenvalue weighted by molar-refractivity contribution is 0.145. The number of nitrogens with one attached hydrogen (secondary N) is 1. The first-order valence-electron chi connectivity index (χ1n) is 10.0. The zero-order valence-corrected chi connectivity index (χ0v) is 20.2. The van der Waals surface area contributed by atoms with Crippen molar-refractivity contribution in [1.82, 2.24) is 34.8 Å². The molecule has 1 fully saturated rings. The quantitative estimate of drug-likeness (QED) is 0.250. The number of halogens is 1. The van der Waals surface area contributed by atoms with Gasteiger partial charge in [0.1, 0.15) is 12.4 Å². The molecule has 3 heterocycles. The van der Waals surface area contributed by atoms with Gasteiger partial charge in [-0.1, -0.05) is 0 Å². The Morgan fingerprint density at radius 1 is 1.34 bits per heavy atom. The highest BCUT2D eigenvalue weighted by Crippen LogP contribution is 2.26. The first-order valence-corrected chi connectivity index (χ1v) is 10.0. The number of rotatable bonds is 8. The summed E-state index contributed by atoms with van der Waals surface area (Å²) < 4.78 is 9.30. The fourth-order valence-corrected chi connectivity index (χ4v) is 3.40. The van der Waals surface area contributed by atoms with Gasteiger partial charge in [0.15, 0.2) is 11.8 Å². The molecule has 0 aliphatic carbocycles. The van der Waals surface area contributed by atoms with Gasteiger partial charge in [-0.25, -0.2) is 4.99 Å². The van der Waals surface area contributed by atoms with E-state index in [1.165, 1.54) is 5.56 Å². The van der Waals surface area contributed by atoms with E-state index >= 15 is 0 Å². The minimum Gasteiger partial charge on any atom is -0.382 e. The molecule has 0 radical (unpaired) electrons. The van der Waals surface area contributed by atoms with Gasteiger partial charge in [0, 0.05) is 59.1 Å². The van der Waals surface area contributed by atoms with Crippen LogP contribution in [0.2, 0.25) is 0 Å². The number of aliphatic imine (C=N–C) groups is 1. The molecule has 1 N–H and O–H groups in total. The van der Waals surface area contributed by atoms with Crippen molar-refractivity contribution in [3.8, 4) is 0 Å². The Labute approximate surface area is 189 Å². The molecule has 1 unspecified atom stereocenters. The summed E-state index contributed by atoms with van der Waals surface area (Å²) in [7, 11) is 3.94. The second-order valence-corrected chi connectivity index (χ2v) is 7.22. The Hall–Kier alpha value is -1.69. The fourth-order valence-electron chi connectivity index (χ4n) is 3.40. The van der Waals surface area contributed by atoms with Gasteiger partial charge in [0.25, 0.3) is 0 Å². The minimum absolute atomic E-state index is 0. The van der Waals surface area contributed by atoms with Crippen LogP contribution in [0.4, 0.5) is 0 Å². The molecule has 1 saturated heterocycles. The minimum atomic E-state index is 0. The van der Waals surface area contributed by atoms with E-state index < -0.39 is 0 Å². The molecule has 29 heavy (non-hydrogen) atoms. The SMILES string of the molecule is CCOCCCNC(=NCc1nnc(C)n1C)N1CCC(c2cnn(C)c2)C1.I. The second-order valence-electron chi connectivity index (χ2n) is 7.22. The van der Waals surface area contributed by atoms with Crippen molar-refractivity contribution >= 4 is 29.9 Å². The maximum atomic E-state index is 5.44. The second kappa shape index (κ2) is 11.5. The van der Waals surface area contributed by atoms with Gasteiger partial charge in [-0.05, 0) is 32.3 Å². The average molecular weight is 516 g/mol. The molecule has 1 atom stereocenters. The van der Waals surface area contributed by atoms with Gasteiger partial charge in [-0.2, -0.15) is 5.10 Å². The molecule has 1 aliphatic heterocycles. The van der Waals surface area contributed by atoms with Crippen LogP contribution >= 0.6 is 24.0 Å². The third-order valence-corrected chi connectivity index (χ3v) is 5.19. The molecule has 2 aromatic heterocycles. The number of hydrogen-bond donors (Lipinski definition) is 1. The van der Waals surface area contributed by atoms with E-state index in [9.17, 15) is 0 Å². The van der Waals surface area contributed by atoms with Crippen LogP contribution in [0.1, 0.15) is 42.9 Å². The number of guanidine groups is 1. The molecule has 0 aromatic carbocycles. The molecular formula is C19H33IN8O. The van der Waals surface area contributed by atoms with Crippen molar-refractivity contribution in [2.24, 2.45) is 19.1 Å². The molecule has 162 valence electrons. The molecule has 9 nitrogen and oxygen atoms in total. The van der Waals surface area contributed by atoms with Crippen molar-refractivity contribution in [3.63, 3.8) is 0 Å². The van der Waals surface area contributed by atoms with Crippen LogP contribution < -0.4 is 5.32 Å². The number of ether oxygens (including phenoxy) is 1. The van der Waals surface area contributed by atoms with Crippen molar-refractivity contribution < 1.29 is 4.74 Å². The van der Waals surface area contributed by atoms with Crippen LogP contribution in [0.5, 0.6) is 0 Å². The van der Waals surface area contributed by atoms with Crippen LogP contribution in [0.15, 0.2) is 17.4 Å². The van der Waals surface area contributed by atoms with Gasteiger partial charge in [-0.3, -0.25) is 4.68 Å². The van der Waals surface area contributed by atoms with Gasteiger partial charge >= 0.3 is 0 Å². The third-order valence-electron chi connectivity index (χ3n) is 5.19. The van der Waals surface area contributed by atoms with Crippen LogP contribution in [0.3, 0.4) is 0 Å². The van der Waals surface area contributed by atoms with E-state index in [1.54, 1.807) is 0 Å². The highest BCUT2D eigenvalue weighted by Gasteiger charge is 2.27. The monoisotopic (exact) mass is 516 g/mol. The van der Waals surface area contributed by atoms with Crippen molar-refractivity contribution in [2.45, 2.75) is 39.2 Å². The Bertz CT molecular complexity index is 787. The first-order chi connectivity index (χ1) is 13.6. The molecule has 10 heteroatoms. The zero-order valence-electron chi connectivity index (χ0n) is 17.8. The highest BCUT2D eigenvalue weighted by molar-refractivity contribution is 14.0. The summed E-state index contributed by atoms with van der Waals surface area (Å²) in [5.74, 6) is 3.19. The van der Waals surface area contributed by atoms with E-state index in [0.717, 1.165) is 63.3 Å². The maximum Gasteiger partial charge on any atom is 0.194 e. The standard InChI is InChI=1S/C19H32N8O.HI/c1-5-28-10-6-8-20-19(21-12-18-24-23-15(2)26(18)4)27-9-7-16(14-27)17-11-22-25(3)13-17;/h11,13,16H,5-10,12,14H2,1-4H3,(H,20,21);1H. The van der Waals surface area contributed by atoms with Gasteiger partial charge in [-0.15, -0.1) is 34.2 Å².